The molecule has 7 heteroatoms. The van der Waals surface area contributed by atoms with E-state index in [-0.39, 0.29) is 0 Å². The average Bonchev–Trinajstić information content (AvgIpc) is 2.84. The highest BCUT2D eigenvalue weighted by atomic mass is 16.5. The van der Waals surface area contributed by atoms with Crippen molar-refractivity contribution >= 4 is 23.5 Å². The quantitative estimate of drug-likeness (QED) is 0.273. The fourth-order valence-corrected chi connectivity index (χ4v) is 3.62. The third-order valence-corrected chi connectivity index (χ3v) is 5.29. The second-order valence-corrected chi connectivity index (χ2v) is 8.28. The first-order valence-corrected chi connectivity index (χ1v) is 12.0. The molecule has 180 valence electrons. The number of ether oxygens (including phenoxy) is 1. The number of hydrazone groups is 1. The molecule has 0 bridgehead atoms. The summed E-state index contributed by atoms with van der Waals surface area (Å²) in [6.45, 7) is 9.61. The molecule has 0 unspecified atom stereocenters. The minimum Gasteiger partial charge on any atom is -0.476 e. The van der Waals surface area contributed by atoms with Crippen molar-refractivity contribution < 1.29 is 4.74 Å². The maximum atomic E-state index is 6.07. The molecule has 7 nitrogen and oxygen atoms in total. The van der Waals surface area contributed by atoms with Crippen molar-refractivity contribution in [2.75, 3.05) is 48.5 Å². The molecule has 0 fully saturated rings. The Balaban J connectivity index is 1.73. The van der Waals surface area contributed by atoms with Crippen LogP contribution in [0.4, 0.5) is 17.3 Å². The number of nitrogens with one attached hydrogen (secondary N) is 1. The van der Waals surface area contributed by atoms with E-state index in [1.54, 1.807) is 12.4 Å². The predicted octanol–water partition coefficient (Wildman–Crippen LogP) is 5.37. The largest absolute Gasteiger partial charge is 0.476 e. The van der Waals surface area contributed by atoms with Crippen LogP contribution >= 0.6 is 0 Å². The molecule has 3 rings (SSSR count). The van der Waals surface area contributed by atoms with Crippen LogP contribution in [0, 0.1) is 6.92 Å². The molecule has 0 atom stereocenters. The number of hydrogen-bond donors (Lipinski definition) is 1. The van der Waals surface area contributed by atoms with Gasteiger partial charge in [-0.1, -0.05) is 49.7 Å². The summed E-state index contributed by atoms with van der Waals surface area (Å²) >= 11 is 0. The Morgan fingerprint density at radius 1 is 1.00 bits per heavy atom. The fourth-order valence-electron chi connectivity index (χ4n) is 3.62. The van der Waals surface area contributed by atoms with Gasteiger partial charge in [-0.15, -0.1) is 0 Å². The van der Waals surface area contributed by atoms with Crippen LogP contribution in [0.2, 0.25) is 0 Å². The van der Waals surface area contributed by atoms with Crippen molar-refractivity contribution in [3.63, 3.8) is 0 Å². The lowest BCUT2D eigenvalue weighted by molar-refractivity contribution is 0.313. The first-order chi connectivity index (χ1) is 16.6. The topological polar surface area (TPSA) is 65.9 Å². The predicted molar refractivity (Wildman–Crippen MR) is 142 cm³/mol. The molecule has 34 heavy (non-hydrogen) atoms. The van der Waals surface area contributed by atoms with Crippen molar-refractivity contribution in [3.8, 4) is 5.88 Å². The van der Waals surface area contributed by atoms with E-state index in [2.05, 4.69) is 63.2 Å². The molecule has 0 spiro atoms. The number of likely N-dealkylation sites (N-methyl/N-ethyl adjacent to an activating group) is 1. The van der Waals surface area contributed by atoms with Crippen LogP contribution in [0.1, 0.15) is 37.8 Å². The van der Waals surface area contributed by atoms with Crippen molar-refractivity contribution in [2.45, 2.75) is 33.6 Å². The van der Waals surface area contributed by atoms with Gasteiger partial charge in [-0.05, 0) is 37.5 Å². The number of rotatable bonds is 13. The zero-order chi connectivity index (χ0) is 24.2. The minimum atomic E-state index is 0.497. The van der Waals surface area contributed by atoms with Crippen LogP contribution < -0.4 is 20.0 Å². The molecular weight excluding hydrogens is 424 g/mol. The Kier molecular flexibility index (Phi) is 9.70. The van der Waals surface area contributed by atoms with E-state index in [1.165, 1.54) is 5.56 Å². The van der Waals surface area contributed by atoms with Crippen LogP contribution in [0.15, 0.2) is 65.9 Å². The summed E-state index contributed by atoms with van der Waals surface area (Å²) in [7, 11) is 2.01. The Morgan fingerprint density at radius 2 is 1.82 bits per heavy atom. The normalized spacial score (nSPS) is 10.9. The van der Waals surface area contributed by atoms with Gasteiger partial charge < -0.3 is 14.5 Å². The van der Waals surface area contributed by atoms with Crippen LogP contribution in [0.3, 0.4) is 0 Å². The molecule has 0 aliphatic rings. The van der Waals surface area contributed by atoms with E-state index in [1.807, 2.05) is 49.5 Å². The number of aromatic nitrogens is 2. The first kappa shape index (κ1) is 25.0. The highest BCUT2D eigenvalue weighted by molar-refractivity contribution is 5.80. The molecule has 2 aromatic heterocycles. The van der Waals surface area contributed by atoms with Gasteiger partial charge in [0, 0.05) is 44.2 Å². The zero-order valence-electron chi connectivity index (χ0n) is 20.7. The highest BCUT2D eigenvalue weighted by Crippen LogP contribution is 2.25. The summed E-state index contributed by atoms with van der Waals surface area (Å²) < 4.78 is 6.07. The molecule has 0 aliphatic carbocycles. The minimum absolute atomic E-state index is 0.497. The monoisotopic (exact) mass is 460 g/mol. The van der Waals surface area contributed by atoms with E-state index in [0.29, 0.717) is 24.8 Å². The number of aryl methyl sites for hydroxylation is 1. The second kappa shape index (κ2) is 13.2. The van der Waals surface area contributed by atoms with Gasteiger partial charge in [-0.25, -0.2) is 4.98 Å². The Bertz CT molecular complexity index is 1030. The molecular formula is C27H36N6O. The van der Waals surface area contributed by atoms with Crippen molar-refractivity contribution in [1.82, 2.24) is 9.97 Å². The number of nitrogens with zero attached hydrogens (tertiary/aromatic N) is 5. The van der Waals surface area contributed by atoms with Crippen LogP contribution in [0.5, 0.6) is 5.88 Å². The molecule has 0 saturated heterocycles. The van der Waals surface area contributed by atoms with Gasteiger partial charge >= 0.3 is 0 Å². The van der Waals surface area contributed by atoms with Crippen molar-refractivity contribution in [2.24, 2.45) is 5.10 Å². The first-order valence-electron chi connectivity index (χ1n) is 12.0. The van der Waals surface area contributed by atoms with Crippen LogP contribution in [-0.4, -0.2) is 49.5 Å². The molecule has 0 saturated carbocycles. The standard InChI is InChI=1S/C27H36N6O/c1-5-14-33(15-6-2)24-19-25(31-29-21-23-11-9-10-22(3)18-23)30-27(20-24)34-17-16-32(4)26-12-7-8-13-28-26/h7-13,18-21H,5-6,14-17H2,1-4H3,(H,30,31)/b29-21+. The highest BCUT2D eigenvalue weighted by Gasteiger charge is 2.11. The lowest BCUT2D eigenvalue weighted by Gasteiger charge is -2.25. The third kappa shape index (κ3) is 7.76. The number of hydrogen-bond acceptors (Lipinski definition) is 7. The second-order valence-electron chi connectivity index (χ2n) is 8.28. The van der Waals surface area contributed by atoms with Crippen LogP contribution in [0.25, 0.3) is 0 Å². The smallest absolute Gasteiger partial charge is 0.217 e. The molecule has 1 N–H and O–H groups in total. The van der Waals surface area contributed by atoms with E-state index in [0.717, 1.165) is 43.0 Å². The van der Waals surface area contributed by atoms with Gasteiger partial charge in [0.25, 0.3) is 0 Å². The molecule has 1 aromatic carbocycles. The summed E-state index contributed by atoms with van der Waals surface area (Å²) in [5.74, 6) is 2.15. The molecule has 0 aliphatic heterocycles. The fraction of sp³-hybridized carbons (Fsp3) is 0.370. The van der Waals surface area contributed by atoms with Gasteiger partial charge in [0.05, 0.1) is 12.8 Å². The van der Waals surface area contributed by atoms with Crippen LogP contribution in [-0.2, 0) is 0 Å². The van der Waals surface area contributed by atoms with Crippen molar-refractivity contribution in [3.05, 3.63) is 71.9 Å². The number of anilines is 3. The van der Waals surface area contributed by atoms with E-state index in [4.69, 9.17) is 4.74 Å². The zero-order valence-corrected chi connectivity index (χ0v) is 20.7. The summed E-state index contributed by atoms with van der Waals surface area (Å²) in [5, 5.41) is 4.41. The van der Waals surface area contributed by atoms with E-state index in [9.17, 15) is 0 Å². The van der Waals surface area contributed by atoms with Gasteiger partial charge in [-0.2, -0.15) is 10.1 Å². The average molecular weight is 461 g/mol. The lowest BCUT2D eigenvalue weighted by Crippen LogP contribution is -2.26. The molecule has 0 radical (unpaired) electrons. The van der Waals surface area contributed by atoms with Gasteiger partial charge in [0.2, 0.25) is 5.88 Å². The van der Waals surface area contributed by atoms with E-state index >= 15 is 0 Å². The number of pyridine rings is 2. The summed E-state index contributed by atoms with van der Waals surface area (Å²) in [6.07, 6.45) is 5.74. The van der Waals surface area contributed by atoms with Crippen molar-refractivity contribution in [1.29, 1.82) is 0 Å². The summed E-state index contributed by atoms with van der Waals surface area (Å²) in [4.78, 5) is 13.5. The Morgan fingerprint density at radius 3 is 2.53 bits per heavy atom. The van der Waals surface area contributed by atoms with E-state index < -0.39 is 0 Å². The van der Waals surface area contributed by atoms with Gasteiger partial charge in [0.15, 0.2) is 5.82 Å². The molecule has 0 amide bonds. The SMILES string of the molecule is CCCN(CCC)c1cc(N/N=C/c2cccc(C)c2)nc(OCCN(C)c2ccccn2)c1. The molecule has 2 heterocycles. The van der Waals surface area contributed by atoms with Gasteiger partial charge in [-0.3, -0.25) is 5.43 Å². The lowest BCUT2D eigenvalue weighted by atomic mass is 10.2. The maximum Gasteiger partial charge on any atom is 0.217 e. The Hall–Kier alpha value is -3.61. The summed E-state index contributed by atoms with van der Waals surface area (Å²) in [6, 6.07) is 18.1. The van der Waals surface area contributed by atoms with Gasteiger partial charge in [0.1, 0.15) is 12.4 Å². The number of benzene rings is 1. The third-order valence-electron chi connectivity index (χ3n) is 5.29. The maximum absolute atomic E-state index is 6.07. The molecule has 3 aromatic rings. The Labute approximate surface area is 203 Å². The summed E-state index contributed by atoms with van der Waals surface area (Å²) in [5.41, 5.74) is 6.41.